The van der Waals surface area contributed by atoms with Gasteiger partial charge in [-0.3, -0.25) is 4.98 Å². The van der Waals surface area contributed by atoms with E-state index < -0.39 is 0 Å². The summed E-state index contributed by atoms with van der Waals surface area (Å²) >= 11 is 0. The highest BCUT2D eigenvalue weighted by Crippen LogP contribution is 2.24. The van der Waals surface area contributed by atoms with Gasteiger partial charge in [0, 0.05) is 6.20 Å². The lowest BCUT2D eigenvalue weighted by Crippen LogP contribution is -2.04. The highest BCUT2D eigenvalue weighted by atomic mass is 16.5. The van der Waals surface area contributed by atoms with Crippen LogP contribution in [0.4, 0.5) is 0 Å². The zero-order valence-corrected chi connectivity index (χ0v) is 10.9. The molecule has 0 N–H and O–H groups in total. The summed E-state index contributed by atoms with van der Waals surface area (Å²) in [6.45, 7) is 2.08. The van der Waals surface area contributed by atoms with E-state index in [9.17, 15) is 4.79 Å². The SMILES string of the molecule is CCOC(=O)c1ccc(Oc2cnccc2C#N)cc1. The third-order valence-electron chi connectivity index (χ3n) is 2.50. The summed E-state index contributed by atoms with van der Waals surface area (Å²) in [7, 11) is 0. The van der Waals surface area contributed by atoms with E-state index in [4.69, 9.17) is 14.7 Å². The van der Waals surface area contributed by atoms with Crippen LogP contribution in [0.2, 0.25) is 0 Å². The molecule has 0 spiro atoms. The molecule has 5 heteroatoms. The molecule has 100 valence electrons. The molecule has 0 saturated carbocycles. The first-order valence-electron chi connectivity index (χ1n) is 6.03. The molecule has 2 rings (SSSR count). The fourth-order valence-electron chi connectivity index (χ4n) is 1.55. The van der Waals surface area contributed by atoms with Crippen molar-refractivity contribution in [3.8, 4) is 17.6 Å². The van der Waals surface area contributed by atoms with Gasteiger partial charge in [0.25, 0.3) is 0 Å². The number of carbonyl (C=O) groups is 1. The van der Waals surface area contributed by atoms with E-state index in [2.05, 4.69) is 4.98 Å². The summed E-state index contributed by atoms with van der Waals surface area (Å²) in [5.74, 6) is 0.513. The maximum Gasteiger partial charge on any atom is 0.338 e. The van der Waals surface area contributed by atoms with Crippen molar-refractivity contribution < 1.29 is 14.3 Å². The van der Waals surface area contributed by atoms with Gasteiger partial charge >= 0.3 is 5.97 Å². The van der Waals surface area contributed by atoms with Crippen LogP contribution in [0.3, 0.4) is 0 Å². The number of benzene rings is 1. The number of aromatic nitrogens is 1. The van der Waals surface area contributed by atoms with Gasteiger partial charge in [-0.15, -0.1) is 0 Å². The number of hydrogen-bond acceptors (Lipinski definition) is 5. The number of hydrogen-bond donors (Lipinski definition) is 0. The van der Waals surface area contributed by atoms with Crippen molar-refractivity contribution in [1.82, 2.24) is 4.98 Å². The molecule has 0 atom stereocenters. The van der Waals surface area contributed by atoms with Gasteiger partial charge in [-0.1, -0.05) is 0 Å². The number of carbonyl (C=O) groups excluding carboxylic acids is 1. The van der Waals surface area contributed by atoms with Gasteiger partial charge in [0.1, 0.15) is 11.8 Å². The molecular formula is C15H12N2O3. The van der Waals surface area contributed by atoms with Crippen LogP contribution >= 0.6 is 0 Å². The molecular weight excluding hydrogens is 256 g/mol. The molecule has 0 amide bonds. The molecule has 0 radical (unpaired) electrons. The van der Waals surface area contributed by atoms with Crippen molar-refractivity contribution >= 4 is 5.97 Å². The van der Waals surface area contributed by atoms with Gasteiger partial charge in [-0.25, -0.2) is 4.79 Å². The Kier molecular flexibility index (Phi) is 4.30. The first-order chi connectivity index (χ1) is 9.74. The van der Waals surface area contributed by atoms with Crippen molar-refractivity contribution in [3.63, 3.8) is 0 Å². The minimum Gasteiger partial charge on any atom is -0.462 e. The number of ether oxygens (including phenoxy) is 2. The third kappa shape index (κ3) is 3.12. The molecule has 0 fully saturated rings. The van der Waals surface area contributed by atoms with Gasteiger partial charge < -0.3 is 9.47 Å². The zero-order chi connectivity index (χ0) is 14.4. The molecule has 5 nitrogen and oxygen atoms in total. The number of nitriles is 1. The van der Waals surface area contributed by atoms with Crippen molar-refractivity contribution in [2.45, 2.75) is 6.92 Å². The summed E-state index contributed by atoms with van der Waals surface area (Å²) in [5.41, 5.74) is 0.848. The largest absolute Gasteiger partial charge is 0.462 e. The lowest BCUT2D eigenvalue weighted by atomic mass is 10.2. The molecule has 0 aliphatic rings. The molecule has 0 saturated heterocycles. The summed E-state index contributed by atoms with van der Waals surface area (Å²) in [4.78, 5) is 15.4. The smallest absolute Gasteiger partial charge is 0.338 e. The average molecular weight is 268 g/mol. The Morgan fingerprint density at radius 2 is 2.05 bits per heavy atom. The topological polar surface area (TPSA) is 72.2 Å². The van der Waals surface area contributed by atoms with E-state index >= 15 is 0 Å². The van der Waals surface area contributed by atoms with Gasteiger partial charge in [0.05, 0.1) is 23.9 Å². The van der Waals surface area contributed by atoms with Crippen LogP contribution in [0.1, 0.15) is 22.8 Å². The summed E-state index contributed by atoms with van der Waals surface area (Å²) in [5, 5.41) is 8.95. The summed E-state index contributed by atoms with van der Waals surface area (Å²) in [6.07, 6.45) is 2.99. The molecule has 0 bridgehead atoms. The first-order valence-corrected chi connectivity index (χ1v) is 6.03. The highest BCUT2D eigenvalue weighted by molar-refractivity contribution is 5.89. The van der Waals surface area contributed by atoms with Crippen LogP contribution in [0.15, 0.2) is 42.7 Å². The van der Waals surface area contributed by atoms with Gasteiger partial charge in [-0.05, 0) is 37.3 Å². The second kappa shape index (κ2) is 6.34. The van der Waals surface area contributed by atoms with E-state index in [1.807, 2.05) is 6.07 Å². The Morgan fingerprint density at radius 3 is 2.70 bits per heavy atom. The van der Waals surface area contributed by atoms with Gasteiger partial charge in [0.2, 0.25) is 0 Å². The Bertz CT molecular complexity index is 645. The molecule has 1 heterocycles. The number of pyridine rings is 1. The zero-order valence-electron chi connectivity index (χ0n) is 10.9. The van der Waals surface area contributed by atoms with Gasteiger partial charge in [0.15, 0.2) is 5.75 Å². The van der Waals surface area contributed by atoms with Crippen LogP contribution in [0.5, 0.6) is 11.5 Å². The first kappa shape index (κ1) is 13.6. The van der Waals surface area contributed by atoms with Crippen molar-refractivity contribution in [3.05, 3.63) is 53.9 Å². The van der Waals surface area contributed by atoms with E-state index in [-0.39, 0.29) is 5.97 Å². The van der Waals surface area contributed by atoms with Crippen LogP contribution in [-0.4, -0.2) is 17.6 Å². The molecule has 2 aromatic rings. The number of rotatable bonds is 4. The van der Waals surface area contributed by atoms with Crippen LogP contribution < -0.4 is 4.74 Å². The minimum atomic E-state index is -0.377. The lowest BCUT2D eigenvalue weighted by molar-refractivity contribution is 0.0526. The lowest BCUT2D eigenvalue weighted by Gasteiger charge is -2.07. The fourth-order valence-corrected chi connectivity index (χ4v) is 1.55. The average Bonchev–Trinajstić information content (AvgIpc) is 2.49. The highest BCUT2D eigenvalue weighted by Gasteiger charge is 2.08. The summed E-state index contributed by atoms with van der Waals surface area (Å²) < 4.78 is 10.4. The predicted octanol–water partition coefficient (Wildman–Crippen LogP) is 2.92. The van der Waals surface area contributed by atoms with Gasteiger partial charge in [-0.2, -0.15) is 5.26 Å². The molecule has 1 aromatic carbocycles. The Labute approximate surface area is 116 Å². The predicted molar refractivity (Wildman–Crippen MR) is 71.4 cm³/mol. The van der Waals surface area contributed by atoms with E-state index in [1.165, 1.54) is 12.4 Å². The Balaban J connectivity index is 2.15. The van der Waals surface area contributed by atoms with Crippen LogP contribution in [0.25, 0.3) is 0 Å². The molecule has 0 unspecified atom stereocenters. The maximum absolute atomic E-state index is 11.5. The third-order valence-corrected chi connectivity index (χ3v) is 2.50. The fraction of sp³-hybridized carbons (Fsp3) is 0.133. The molecule has 0 aliphatic carbocycles. The van der Waals surface area contributed by atoms with E-state index in [1.54, 1.807) is 37.3 Å². The van der Waals surface area contributed by atoms with Crippen molar-refractivity contribution in [1.29, 1.82) is 5.26 Å². The van der Waals surface area contributed by atoms with Crippen LogP contribution in [0, 0.1) is 11.3 Å². The number of nitrogens with zero attached hydrogens (tertiary/aromatic N) is 2. The Morgan fingerprint density at radius 1 is 1.30 bits per heavy atom. The molecule has 0 aliphatic heterocycles. The minimum absolute atomic E-state index is 0.332. The normalized spacial score (nSPS) is 9.60. The quantitative estimate of drug-likeness (QED) is 0.797. The second-order valence-electron chi connectivity index (χ2n) is 3.83. The second-order valence-corrected chi connectivity index (χ2v) is 3.83. The van der Waals surface area contributed by atoms with Crippen molar-refractivity contribution in [2.24, 2.45) is 0 Å². The van der Waals surface area contributed by atoms with Crippen molar-refractivity contribution in [2.75, 3.05) is 6.61 Å². The van der Waals surface area contributed by atoms with E-state index in [0.29, 0.717) is 29.2 Å². The molecule has 20 heavy (non-hydrogen) atoms. The summed E-state index contributed by atoms with van der Waals surface area (Å²) in [6, 6.07) is 10.1. The van der Waals surface area contributed by atoms with Crippen LogP contribution in [-0.2, 0) is 4.74 Å². The number of esters is 1. The maximum atomic E-state index is 11.5. The standard InChI is InChI=1S/C15H12N2O3/c1-2-19-15(18)11-3-5-13(6-4-11)20-14-10-17-8-7-12(14)9-16/h3-8,10H,2H2,1H3. The monoisotopic (exact) mass is 268 g/mol. The van der Waals surface area contributed by atoms with E-state index in [0.717, 1.165) is 0 Å². The molecule has 1 aromatic heterocycles. The Hall–Kier alpha value is -2.87.